The number of hydrogen-bond donors (Lipinski definition) is 0. The van der Waals surface area contributed by atoms with E-state index in [0.717, 1.165) is 11.9 Å². The predicted molar refractivity (Wildman–Crippen MR) is 54.8 cm³/mol. The highest BCUT2D eigenvalue weighted by molar-refractivity contribution is 9.09. The van der Waals surface area contributed by atoms with Crippen LogP contribution in [-0.4, -0.2) is 19.4 Å². The van der Waals surface area contributed by atoms with Crippen molar-refractivity contribution in [2.75, 3.05) is 24.3 Å². The molecule has 0 fully saturated rings. The summed E-state index contributed by atoms with van der Waals surface area (Å²) in [6.07, 6.45) is 4.19. The molecule has 0 saturated heterocycles. The molecule has 0 radical (unpaired) electrons. The highest BCUT2D eigenvalue weighted by atomic mass is 79.9. The van der Waals surface area contributed by atoms with Crippen molar-refractivity contribution in [2.24, 2.45) is 0 Å². The zero-order chi connectivity index (χ0) is 8.97. The lowest BCUT2D eigenvalue weighted by Crippen LogP contribution is -2.33. The van der Waals surface area contributed by atoms with Gasteiger partial charge in [-0.15, -0.1) is 0 Å². The fraction of sp³-hybridized carbons (Fsp3) is 0.444. The molecule has 0 amide bonds. The van der Waals surface area contributed by atoms with Gasteiger partial charge in [0.05, 0.1) is 5.33 Å². The molecule has 1 heterocycles. The van der Waals surface area contributed by atoms with Crippen molar-refractivity contribution >= 4 is 21.6 Å². The van der Waals surface area contributed by atoms with Crippen molar-refractivity contribution in [1.82, 2.24) is 0 Å². The number of aromatic nitrogens is 1. The summed E-state index contributed by atoms with van der Waals surface area (Å²) >= 11 is 3.40. The molecule has 0 aliphatic carbocycles. The standard InChI is InChI=1S/C9H14BrN2/c1-11(2)9-3-6-12(7-4-9)8-5-10/h3-4,6-7H,5,8H2,1-2H3/q+1. The summed E-state index contributed by atoms with van der Waals surface area (Å²) in [5.41, 5.74) is 1.24. The van der Waals surface area contributed by atoms with Crippen LogP contribution in [0.25, 0.3) is 0 Å². The lowest BCUT2D eigenvalue weighted by molar-refractivity contribution is -0.692. The Bertz CT molecular complexity index is 231. The van der Waals surface area contributed by atoms with Gasteiger partial charge in [-0.1, -0.05) is 15.9 Å². The summed E-state index contributed by atoms with van der Waals surface area (Å²) in [7, 11) is 4.09. The number of alkyl halides is 1. The lowest BCUT2D eigenvalue weighted by atomic mass is 10.4. The van der Waals surface area contributed by atoms with Gasteiger partial charge in [0, 0.05) is 31.9 Å². The molecule has 12 heavy (non-hydrogen) atoms. The highest BCUT2D eigenvalue weighted by Gasteiger charge is 1.99. The maximum absolute atomic E-state index is 3.40. The van der Waals surface area contributed by atoms with Crippen LogP contribution >= 0.6 is 15.9 Å². The van der Waals surface area contributed by atoms with Crippen LogP contribution in [0.2, 0.25) is 0 Å². The highest BCUT2D eigenvalue weighted by Crippen LogP contribution is 2.05. The van der Waals surface area contributed by atoms with Gasteiger partial charge < -0.3 is 4.90 Å². The maximum atomic E-state index is 3.40. The van der Waals surface area contributed by atoms with Gasteiger partial charge in [0.25, 0.3) is 0 Å². The Morgan fingerprint density at radius 2 is 1.92 bits per heavy atom. The first-order valence-corrected chi connectivity index (χ1v) is 5.08. The minimum Gasteiger partial charge on any atom is -0.377 e. The number of anilines is 1. The summed E-state index contributed by atoms with van der Waals surface area (Å²) in [4.78, 5) is 2.10. The van der Waals surface area contributed by atoms with Crippen molar-refractivity contribution in [2.45, 2.75) is 6.54 Å². The van der Waals surface area contributed by atoms with E-state index in [1.165, 1.54) is 5.69 Å². The Kier molecular flexibility index (Phi) is 3.53. The fourth-order valence-electron chi connectivity index (χ4n) is 0.994. The number of pyridine rings is 1. The third-order valence-electron chi connectivity index (χ3n) is 1.73. The molecule has 1 aromatic heterocycles. The summed E-state index contributed by atoms with van der Waals surface area (Å²) in [6.45, 7) is 1.02. The van der Waals surface area contributed by atoms with E-state index < -0.39 is 0 Å². The third-order valence-corrected chi connectivity index (χ3v) is 2.09. The van der Waals surface area contributed by atoms with Crippen LogP contribution in [0, 0.1) is 0 Å². The second-order valence-corrected chi connectivity index (χ2v) is 3.67. The first-order valence-electron chi connectivity index (χ1n) is 3.96. The molecule has 0 atom stereocenters. The van der Waals surface area contributed by atoms with Crippen molar-refractivity contribution in [1.29, 1.82) is 0 Å². The molecule has 0 saturated carbocycles. The number of hydrogen-bond acceptors (Lipinski definition) is 1. The molecule has 0 N–H and O–H groups in total. The van der Waals surface area contributed by atoms with Gasteiger partial charge in [-0.2, -0.15) is 0 Å². The molecule has 1 aromatic rings. The Balaban J connectivity index is 2.71. The van der Waals surface area contributed by atoms with E-state index in [1.807, 2.05) is 14.1 Å². The number of halogens is 1. The van der Waals surface area contributed by atoms with Crippen molar-refractivity contribution in [3.05, 3.63) is 24.5 Å². The number of nitrogens with zero attached hydrogens (tertiary/aromatic N) is 2. The maximum Gasteiger partial charge on any atom is 0.170 e. The molecule has 0 unspecified atom stereocenters. The van der Waals surface area contributed by atoms with Crippen LogP contribution in [0.4, 0.5) is 5.69 Å². The third kappa shape index (κ3) is 2.48. The molecule has 0 aliphatic heterocycles. The summed E-state index contributed by atoms with van der Waals surface area (Å²) in [5, 5.41) is 0.999. The van der Waals surface area contributed by atoms with Crippen LogP contribution < -0.4 is 9.47 Å². The van der Waals surface area contributed by atoms with Crippen LogP contribution in [0.3, 0.4) is 0 Å². The topological polar surface area (TPSA) is 7.12 Å². The van der Waals surface area contributed by atoms with Gasteiger partial charge in [0.2, 0.25) is 0 Å². The zero-order valence-corrected chi connectivity index (χ0v) is 9.08. The van der Waals surface area contributed by atoms with E-state index in [-0.39, 0.29) is 0 Å². The van der Waals surface area contributed by atoms with Crippen LogP contribution in [-0.2, 0) is 6.54 Å². The smallest absolute Gasteiger partial charge is 0.170 e. The van der Waals surface area contributed by atoms with Gasteiger partial charge in [0.1, 0.15) is 0 Å². The number of aryl methyl sites for hydroxylation is 1. The molecular formula is C9H14BrN2+. The molecule has 0 bridgehead atoms. The summed E-state index contributed by atoms with van der Waals surface area (Å²) in [6, 6.07) is 4.23. The van der Waals surface area contributed by atoms with E-state index in [9.17, 15) is 0 Å². The van der Waals surface area contributed by atoms with Crippen molar-refractivity contribution in [3.63, 3.8) is 0 Å². The lowest BCUT2D eigenvalue weighted by Gasteiger charge is -2.10. The first kappa shape index (κ1) is 9.52. The largest absolute Gasteiger partial charge is 0.377 e. The van der Waals surface area contributed by atoms with Crippen LogP contribution in [0.15, 0.2) is 24.5 Å². The molecule has 0 spiro atoms. The monoisotopic (exact) mass is 229 g/mol. The van der Waals surface area contributed by atoms with E-state index in [4.69, 9.17) is 0 Å². The molecule has 1 rings (SSSR count). The molecule has 0 aromatic carbocycles. The van der Waals surface area contributed by atoms with E-state index in [1.54, 1.807) is 0 Å². The van der Waals surface area contributed by atoms with E-state index in [2.05, 4.69) is 49.9 Å². The minimum atomic E-state index is 0.999. The Hall–Kier alpha value is -0.570. The minimum absolute atomic E-state index is 0.999. The SMILES string of the molecule is CN(C)c1cc[n+](CCBr)cc1. The van der Waals surface area contributed by atoms with Gasteiger partial charge in [0.15, 0.2) is 18.9 Å². The normalized spacial score (nSPS) is 9.92. The van der Waals surface area contributed by atoms with Gasteiger partial charge in [-0.3, -0.25) is 0 Å². The van der Waals surface area contributed by atoms with Gasteiger partial charge in [-0.25, -0.2) is 4.57 Å². The molecule has 3 heteroatoms. The van der Waals surface area contributed by atoms with E-state index >= 15 is 0 Å². The average molecular weight is 230 g/mol. The van der Waals surface area contributed by atoms with Crippen LogP contribution in [0.5, 0.6) is 0 Å². The molecule has 0 aliphatic rings. The Labute approximate surface area is 81.9 Å². The van der Waals surface area contributed by atoms with Gasteiger partial charge >= 0.3 is 0 Å². The van der Waals surface area contributed by atoms with Crippen molar-refractivity contribution < 1.29 is 4.57 Å². The second-order valence-electron chi connectivity index (χ2n) is 2.88. The molecule has 2 nitrogen and oxygen atoms in total. The second kappa shape index (κ2) is 4.45. The van der Waals surface area contributed by atoms with Gasteiger partial charge in [-0.05, 0) is 0 Å². The summed E-state index contributed by atoms with van der Waals surface area (Å²) in [5.74, 6) is 0. The zero-order valence-electron chi connectivity index (χ0n) is 7.50. The first-order chi connectivity index (χ1) is 5.74. The quantitative estimate of drug-likeness (QED) is 0.563. The molecular weight excluding hydrogens is 216 g/mol. The fourth-order valence-corrected chi connectivity index (χ4v) is 1.40. The van der Waals surface area contributed by atoms with E-state index in [0.29, 0.717) is 0 Å². The van der Waals surface area contributed by atoms with Crippen molar-refractivity contribution in [3.8, 4) is 0 Å². The predicted octanol–water partition coefficient (Wildman–Crippen LogP) is 1.43. The average Bonchev–Trinajstić information content (AvgIpc) is 2.06. The Morgan fingerprint density at radius 3 is 2.33 bits per heavy atom. The molecule has 66 valence electrons. The summed E-state index contributed by atoms with van der Waals surface area (Å²) < 4.78 is 2.15. The Morgan fingerprint density at radius 1 is 1.33 bits per heavy atom. The number of rotatable bonds is 3. The van der Waals surface area contributed by atoms with Crippen LogP contribution in [0.1, 0.15) is 0 Å².